The quantitative estimate of drug-likeness (QED) is 0.818. The van der Waals surface area contributed by atoms with Gasteiger partial charge in [0.25, 0.3) is 0 Å². The fourth-order valence-electron chi connectivity index (χ4n) is 1.18. The molecule has 0 spiro atoms. The molecule has 0 radical (unpaired) electrons. The van der Waals surface area contributed by atoms with E-state index in [2.05, 4.69) is 0 Å². The second-order valence-corrected chi connectivity index (χ2v) is 7.75. The highest BCUT2D eigenvalue weighted by molar-refractivity contribution is 8.30. The lowest BCUT2D eigenvalue weighted by atomic mass is 10.0. The maximum atomic E-state index is 12.0. The van der Waals surface area contributed by atoms with E-state index in [1.165, 1.54) is 0 Å². The topological polar surface area (TPSA) is 26.3 Å². The lowest BCUT2D eigenvalue weighted by molar-refractivity contribution is 0.454. The van der Waals surface area contributed by atoms with Gasteiger partial charge in [-0.05, 0) is 17.5 Å². The maximum Gasteiger partial charge on any atom is 0.186 e. The number of hydrogen-bond donors (Lipinski definition) is 0. The Balaban J connectivity index is 2.74. The highest BCUT2D eigenvalue weighted by Crippen LogP contribution is 2.20. The summed E-state index contributed by atoms with van der Waals surface area (Å²) in [5.41, 5.74) is -0.0897. The van der Waals surface area contributed by atoms with Crippen molar-refractivity contribution >= 4 is 20.0 Å². The van der Waals surface area contributed by atoms with Crippen LogP contribution in [0.25, 0.3) is 0 Å². The van der Waals surface area contributed by atoms with Gasteiger partial charge in [0.05, 0.1) is 5.75 Å². The molecule has 84 valence electrons. The molecule has 4 heteroatoms. The van der Waals surface area contributed by atoms with Crippen molar-refractivity contribution in [3.63, 3.8) is 0 Å². The van der Waals surface area contributed by atoms with Gasteiger partial charge in [-0.3, -0.25) is 0 Å². The summed E-state index contributed by atoms with van der Waals surface area (Å²) in [6.45, 7) is 5.98. The second-order valence-electron chi connectivity index (χ2n) is 4.66. The maximum absolute atomic E-state index is 12.0. The molecule has 0 heterocycles. The molecule has 15 heavy (non-hydrogen) atoms. The van der Waals surface area contributed by atoms with Crippen molar-refractivity contribution in [2.45, 2.75) is 20.8 Å². The summed E-state index contributed by atoms with van der Waals surface area (Å²) in [4.78, 5) is 0. The standard InChI is InChI=1S/C11H16O2S2/c1-11(2,3)9-15(12,14)13-10-7-5-4-6-8-10/h4-8H,9H2,1-3H3. The van der Waals surface area contributed by atoms with Crippen LogP contribution in [0.3, 0.4) is 0 Å². The molecule has 0 aliphatic heterocycles. The van der Waals surface area contributed by atoms with E-state index in [1.54, 1.807) is 12.1 Å². The normalized spacial score (nSPS) is 15.7. The molecule has 0 N–H and O–H groups in total. The van der Waals surface area contributed by atoms with Gasteiger partial charge in [-0.1, -0.05) is 39.0 Å². The number of hydrogen-bond acceptors (Lipinski definition) is 3. The van der Waals surface area contributed by atoms with E-state index < -0.39 is 8.77 Å². The Bertz CT molecular complexity index is 402. The van der Waals surface area contributed by atoms with E-state index in [0.717, 1.165) is 0 Å². The van der Waals surface area contributed by atoms with Gasteiger partial charge in [-0.25, -0.2) is 4.21 Å². The molecular weight excluding hydrogens is 228 g/mol. The van der Waals surface area contributed by atoms with Gasteiger partial charge in [0.1, 0.15) is 5.75 Å². The van der Waals surface area contributed by atoms with E-state index in [1.807, 2.05) is 39.0 Å². The van der Waals surface area contributed by atoms with Gasteiger partial charge in [0.2, 0.25) is 0 Å². The first-order valence-electron chi connectivity index (χ1n) is 4.76. The minimum Gasteiger partial charge on any atom is -0.401 e. The van der Waals surface area contributed by atoms with Gasteiger partial charge in [0.15, 0.2) is 8.77 Å². The van der Waals surface area contributed by atoms with Crippen molar-refractivity contribution in [2.24, 2.45) is 5.41 Å². The van der Waals surface area contributed by atoms with Gasteiger partial charge in [0, 0.05) is 11.2 Å². The largest absolute Gasteiger partial charge is 0.401 e. The molecule has 1 aromatic carbocycles. The Hall–Kier alpha value is -0.610. The third-order valence-electron chi connectivity index (χ3n) is 1.58. The van der Waals surface area contributed by atoms with Gasteiger partial charge >= 0.3 is 0 Å². The van der Waals surface area contributed by atoms with Crippen molar-refractivity contribution < 1.29 is 8.39 Å². The molecule has 0 aliphatic rings. The Kier molecular flexibility index (Phi) is 3.73. The van der Waals surface area contributed by atoms with Crippen LogP contribution in [-0.4, -0.2) is 9.96 Å². The first-order chi connectivity index (χ1) is 6.79. The van der Waals surface area contributed by atoms with Crippen LogP contribution in [0.1, 0.15) is 20.8 Å². The zero-order valence-electron chi connectivity index (χ0n) is 9.23. The molecule has 0 aliphatic carbocycles. The van der Waals surface area contributed by atoms with Crippen molar-refractivity contribution in [3.8, 4) is 5.75 Å². The predicted molar refractivity (Wildman–Crippen MR) is 66.9 cm³/mol. The highest BCUT2D eigenvalue weighted by atomic mass is 32.8. The molecule has 1 aromatic rings. The van der Waals surface area contributed by atoms with Gasteiger partial charge in [-0.2, -0.15) is 0 Å². The molecule has 1 rings (SSSR count). The fraction of sp³-hybridized carbons (Fsp3) is 0.455. The first-order valence-corrected chi connectivity index (χ1v) is 7.33. The molecule has 0 aromatic heterocycles. The molecule has 1 atom stereocenters. The highest BCUT2D eigenvalue weighted by Gasteiger charge is 2.20. The number of para-hydroxylation sites is 1. The SMILES string of the molecule is CC(C)(C)CS(=O)(=S)Oc1ccccc1. The average Bonchev–Trinajstić information content (AvgIpc) is 1.99. The molecule has 0 amide bonds. The fourth-order valence-corrected chi connectivity index (χ4v) is 4.00. The van der Waals surface area contributed by atoms with Crippen LogP contribution in [0.2, 0.25) is 0 Å². The lowest BCUT2D eigenvalue weighted by Crippen LogP contribution is -2.23. The summed E-state index contributed by atoms with van der Waals surface area (Å²) in [5, 5.41) is 0. The summed E-state index contributed by atoms with van der Waals surface area (Å²) in [7, 11) is -2.66. The smallest absolute Gasteiger partial charge is 0.186 e. The third kappa shape index (κ3) is 5.14. The first kappa shape index (κ1) is 12.5. The molecule has 2 nitrogen and oxygen atoms in total. The Morgan fingerprint density at radius 2 is 1.80 bits per heavy atom. The van der Waals surface area contributed by atoms with Crippen LogP contribution in [0.5, 0.6) is 5.75 Å². The third-order valence-corrected chi connectivity index (χ3v) is 3.80. The Labute approximate surface area is 96.5 Å². The van der Waals surface area contributed by atoms with Gasteiger partial charge in [-0.15, -0.1) is 0 Å². The van der Waals surface area contributed by atoms with Crippen molar-refractivity contribution in [2.75, 3.05) is 5.75 Å². The Morgan fingerprint density at radius 1 is 1.27 bits per heavy atom. The van der Waals surface area contributed by atoms with Crippen molar-refractivity contribution in [1.29, 1.82) is 0 Å². The average molecular weight is 244 g/mol. The Morgan fingerprint density at radius 3 is 2.27 bits per heavy atom. The summed E-state index contributed by atoms with van der Waals surface area (Å²) < 4.78 is 17.3. The molecule has 0 bridgehead atoms. The van der Waals surface area contributed by atoms with Crippen LogP contribution in [-0.2, 0) is 20.0 Å². The lowest BCUT2D eigenvalue weighted by Gasteiger charge is -2.19. The van der Waals surface area contributed by atoms with Crippen LogP contribution in [0.4, 0.5) is 0 Å². The van der Waals surface area contributed by atoms with E-state index in [-0.39, 0.29) is 5.41 Å². The second kappa shape index (κ2) is 4.49. The monoisotopic (exact) mass is 244 g/mol. The number of rotatable bonds is 3. The van der Waals surface area contributed by atoms with Gasteiger partial charge < -0.3 is 4.18 Å². The zero-order chi connectivity index (χ0) is 11.5. The van der Waals surface area contributed by atoms with Crippen LogP contribution in [0, 0.1) is 5.41 Å². The predicted octanol–water partition coefficient (Wildman–Crippen LogP) is 2.77. The van der Waals surface area contributed by atoms with Crippen LogP contribution < -0.4 is 4.18 Å². The summed E-state index contributed by atoms with van der Waals surface area (Å²) in [6, 6.07) is 9.06. The minimum absolute atomic E-state index is 0.0897. The molecule has 0 saturated heterocycles. The molecule has 0 saturated carbocycles. The van der Waals surface area contributed by atoms with E-state index in [4.69, 9.17) is 15.4 Å². The van der Waals surface area contributed by atoms with E-state index >= 15 is 0 Å². The van der Waals surface area contributed by atoms with E-state index in [0.29, 0.717) is 11.5 Å². The molecule has 1 unspecified atom stereocenters. The van der Waals surface area contributed by atoms with Crippen LogP contribution in [0.15, 0.2) is 30.3 Å². The molecular formula is C11H16O2S2. The van der Waals surface area contributed by atoms with E-state index in [9.17, 15) is 4.21 Å². The molecule has 0 fully saturated rings. The zero-order valence-corrected chi connectivity index (χ0v) is 10.9. The summed E-state index contributed by atoms with van der Waals surface area (Å²) in [6.07, 6.45) is 0. The minimum atomic E-state index is -2.66. The van der Waals surface area contributed by atoms with Crippen LogP contribution >= 0.6 is 0 Å². The number of benzene rings is 1. The summed E-state index contributed by atoms with van der Waals surface area (Å²) in [5.74, 6) is 0.950. The summed E-state index contributed by atoms with van der Waals surface area (Å²) >= 11 is 4.98. The van der Waals surface area contributed by atoms with Crippen molar-refractivity contribution in [1.82, 2.24) is 0 Å². The van der Waals surface area contributed by atoms with Crippen molar-refractivity contribution in [3.05, 3.63) is 30.3 Å².